The molecule has 0 radical (unpaired) electrons. The number of thiocarbonyl (C=S) groups is 1. The molecule has 6 heteroatoms. The van der Waals surface area contributed by atoms with Gasteiger partial charge in [-0.15, -0.1) is 0 Å². The van der Waals surface area contributed by atoms with Crippen LogP contribution in [-0.2, 0) is 14.3 Å². The molecule has 17 heavy (non-hydrogen) atoms. The summed E-state index contributed by atoms with van der Waals surface area (Å²) in [5.41, 5.74) is 0. The number of rotatable bonds is 4. The Morgan fingerprint density at radius 2 is 2.18 bits per heavy atom. The summed E-state index contributed by atoms with van der Waals surface area (Å²) in [5, 5.41) is 6.47. The normalized spacial score (nSPS) is 25.5. The van der Waals surface area contributed by atoms with E-state index in [1.807, 2.05) is 6.92 Å². The van der Waals surface area contributed by atoms with Gasteiger partial charge in [0, 0.05) is 6.04 Å². The lowest BCUT2D eigenvalue weighted by Gasteiger charge is -2.34. The van der Waals surface area contributed by atoms with Crippen LogP contribution in [0.4, 0.5) is 0 Å². The molecule has 0 bridgehead atoms. The topological polar surface area (TPSA) is 67.4 Å². The van der Waals surface area contributed by atoms with Crippen molar-refractivity contribution in [2.75, 3.05) is 6.61 Å². The zero-order valence-electron chi connectivity index (χ0n) is 10.3. The minimum absolute atomic E-state index is 0.144. The van der Waals surface area contributed by atoms with Crippen LogP contribution in [-0.4, -0.2) is 35.6 Å². The summed E-state index contributed by atoms with van der Waals surface area (Å²) in [5.74, 6) is -1.45. The fraction of sp³-hybridized carbons (Fsp3) is 0.727. The quantitative estimate of drug-likeness (QED) is 0.432. The van der Waals surface area contributed by atoms with Crippen LogP contribution in [0.3, 0.4) is 0 Å². The Morgan fingerprint density at radius 1 is 1.53 bits per heavy atom. The highest BCUT2D eigenvalue weighted by atomic mass is 32.1. The van der Waals surface area contributed by atoms with Gasteiger partial charge in [0.1, 0.15) is 11.7 Å². The second-order valence-electron chi connectivity index (χ2n) is 4.20. The maximum Gasteiger partial charge on any atom is 0.318 e. The number of nitrogens with one attached hydrogen (secondary N) is 2. The van der Waals surface area contributed by atoms with Crippen molar-refractivity contribution in [3.63, 3.8) is 0 Å². The van der Waals surface area contributed by atoms with E-state index < -0.39 is 11.9 Å². The van der Waals surface area contributed by atoms with E-state index in [9.17, 15) is 9.59 Å². The average molecular weight is 258 g/mol. The molecule has 0 saturated carbocycles. The van der Waals surface area contributed by atoms with Gasteiger partial charge in [-0.1, -0.05) is 0 Å². The number of carbonyl (C=O) groups is 2. The van der Waals surface area contributed by atoms with Crippen molar-refractivity contribution in [3.05, 3.63) is 0 Å². The molecule has 1 rings (SSSR count). The molecular weight excluding hydrogens is 240 g/mol. The largest absolute Gasteiger partial charge is 0.465 e. The van der Waals surface area contributed by atoms with Crippen LogP contribution in [0.15, 0.2) is 0 Å². The number of hydrogen-bond acceptors (Lipinski definition) is 4. The molecule has 1 saturated heterocycles. The highest BCUT2D eigenvalue weighted by molar-refractivity contribution is 7.80. The third kappa shape index (κ3) is 3.66. The van der Waals surface area contributed by atoms with Gasteiger partial charge in [0.15, 0.2) is 5.11 Å². The molecule has 2 N–H and O–H groups in total. The summed E-state index contributed by atoms with van der Waals surface area (Å²) >= 11 is 5.03. The lowest BCUT2D eigenvalue weighted by Crippen LogP contribution is -2.58. The first-order valence-electron chi connectivity index (χ1n) is 5.69. The zero-order valence-corrected chi connectivity index (χ0v) is 11.1. The molecule has 96 valence electrons. The lowest BCUT2D eigenvalue weighted by molar-refractivity contribution is -0.152. The van der Waals surface area contributed by atoms with Crippen molar-refractivity contribution in [2.24, 2.45) is 5.92 Å². The van der Waals surface area contributed by atoms with Gasteiger partial charge in [-0.05, 0) is 39.4 Å². The van der Waals surface area contributed by atoms with Crippen molar-refractivity contribution in [3.8, 4) is 0 Å². The first kappa shape index (κ1) is 13.9. The maximum absolute atomic E-state index is 11.8. The highest BCUT2D eigenvalue weighted by Gasteiger charge is 2.37. The molecule has 1 aliphatic rings. The third-order valence-corrected chi connectivity index (χ3v) is 2.92. The molecular formula is C11H18N2O3S. The third-order valence-electron chi connectivity index (χ3n) is 2.68. The van der Waals surface area contributed by atoms with Crippen molar-refractivity contribution in [2.45, 2.75) is 39.3 Å². The molecule has 0 aromatic carbocycles. The van der Waals surface area contributed by atoms with Gasteiger partial charge in [0.2, 0.25) is 0 Å². The average Bonchev–Trinajstić information content (AvgIpc) is 2.15. The van der Waals surface area contributed by atoms with E-state index in [0.29, 0.717) is 11.5 Å². The Kier molecular flexibility index (Phi) is 4.86. The van der Waals surface area contributed by atoms with Crippen LogP contribution < -0.4 is 10.6 Å². The first-order valence-corrected chi connectivity index (χ1v) is 6.10. The highest BCUT2D eigenvalue weighted by Crippen LogP contribution is 2.16. The molecule has 0 aliphatic carbocycles. The Hall–Kier alpha value is -1.17. The smallest absolute Gasteiger partial charge is 0.318 e. The molecule has 0 unspecified atom stereocenters. The number of ketones is 1. The number of esters is 1. The minimum atomic E-state index is -0.780. The number of Topliss-reactive ketones (excluding diaryl/α,β-unsaturated/α-hetero) is 1. The molecule has 3 atom stereocenters. The lowest BCUT2D eigenvalue weighted by atomic mass is 9.90. The van der Waals surface area contributed by atoms with E-state index in [-0.39, 0.29) is 24.5 Å². The Morgan fingerprint density at radius 3 is 2.65 bits per heavy atom. The van der Waals surface area contributed by atoms with Crippen molar-refractivity contribution >= 4 is 29.1 Å². The molecule has 1 heterocycles. The first-order chi connectivity index (χ1) is 7.95. The predicted octanol–water partition coefficient (Wildman–Crippen LogP) is 0.380. The molecule has 0 aromatic rings. The van der Waals surface area contributed by atoms with Crippen LogP contribution in [0.5, 0.6) is 0 Å². The minimum Gasteiger partial charge on any atom is -0.465 e. The van der Waals surface area contributed by atoms with Gasteiger partial charge < -0.3 is 15.4 Å². The van der Waals surface area contributed by atoms with Gasteiger partial charge in [-0.25, -0.2) is 0 Å². The summed E-state index contributed by atoms with van der Waals surface area (Å²) in [6.07, 6.45) is 0.656. The number of carbonyl (C=O) groups excluding carboxylic acids is 2. The van der Waals surface area contributed by atoms with Crippen LogP contribution in [0.1, 0.15) is 27.2 Å². The Balaban J connectivity index is 2.79. The number of ether oxygens (including phenoxy) is 1. The molecule has 1 fully saturated rings. The van der Waals surface area contributed by atoms with E-state index in [1.165, 1.54) is 6.92 Å². The second-order valence-corrected chi connectivity index (χ2v) is 4.61. The fourth-order valence-electron chi connectivity index (χ4n) is 2.00. The Labute approximate surface area is 106 Å². The molecule has 1 aliphatic heterocycles. The van der Waals surface area contributed by atoms with Crippen molar-refractivity contribution in [1.82, 2.24) is 10.6 Å². The molecule has 0 aromatic heterocycles. The fourth-order valence-corrected chi connectivity index (χ4v) is 2.35. The summed E-state index contributed by atoms with van der Waals surface area (Å²) in [7, 11) is 0. The maximum atomic E-state index is 11.8. The molecule has 5 nitrogen and oxygen atoms in total. The van der Waals surface area contributed by atoms with Crippen LogP contribution in [0.25, 0.3) is 0 Å². The second kappa shape index (κ2) is 5.95. The molecule has 0 amide bonds. The van der Waals surface area contributed by atoms with E-state index in [0.717, 1.165) is 0 Å². The van der Waals surface area contributed by atoms with Crippen molar-refractivity contribution in [1.29, 1.82) is 0 Å². The Bertz CT molecular complexity index is 333. The van der Waals surface area contributed by atoms with Gasteiger partial charge in [0.05, 0.1) is 12.6 Å². The summed E-state index contributed by atoms with van der Waals surface area (Å²) in [4.78, 5) is 23.3. The predicted molar refractivity (Wildman–Crippen MR) is 67.5 cm³/mol. The van der Waals surface area contributed by atoms with Crippen LogP contribution >= 0.6 is 12.2 Å². The van der Waals surface area contributed by atoms with Gasteiger partial charge in [-0.3, -0.25) is 9.59 Å². The van der Waals surface area contributed by atoms with E-state index in [2.05, 4.69) is 10.6 Å². The van der Waals surface area contributed by atoms with E-state index in [1.54, 1.807) is 6.92 Å². The molecule has 0 spiro atoms. The van der Waals surface area contributed by atoms with Gasteiger partial charge >= 0.3 is 5.97 Å². The SMILES string of the molecule is CCOC(=O)[C@@H](C(C)=O)[C@@H]1C[C@H](C)NC(=S)N1. The van der Waals surface area contributed by atoms with Gasteiger partial charge in [-0.2, -0.15) is 0 Å². The van der Waals surface area contributed by atoms with E-state index >= 15 is 0 Å². The van der Waals surface area contributed by atoms with E-state index in [4.69, 9.17) is 17.0 Å². The summed E-state index contributed by atoms with van der Waals surface area (Å²) < 4.78 is 4.93. The number of hydrogen-bond donors (Lipinski definition) is 2. The zero-order chi connectivity index (χ0) is 13.0. The van der Waals surface area contributed by atoms with Gasteiger partial charge in [0.25, 0.3) is 0 Å². The van der Waals surface area contributed by atoms with Crippen LogP contribution in [0.2, 0.25) is 0 Å². The summed E-state index contributed by atoms with van der Waals surface area (Å²) in [6, 6.07) is -0.139. The summed E-state index contributed by atoms with van der Waals surface area (Å²) in [6.45, 7) is 5.35. The standard InChI is InChI=1S/C11H18N2O3S/c1-4-16-10(15)9(7(3)14)8-5-6(2)12-11(17)13-8/h6,8-9H,4-5H2,1-3H3,(H2,12,13,17)/t6-,8-,9-/m0/s1. The van der Waals surface area contributed by atoms with Crippen LogP contribution in [0, 0.1) is 5.92 Å². The monoisotopic (exact) mass is 258 g/mol. The van der Waals surface area contributed by atoms with Crippen molar-refractivity contribution < 1.29 is 14.3 Å².